The van der Waals surface area contributed by atoms with Crippen LogP contribution in [0.4, 0.5) is 0 Å². The molecular weight excluding hydrogens is 376 g/mol. The Bertz CT molecular complexity index is 826. The lowest BCUT2D eigenvalue weighted by atomic mass is 10.0. The highest BCUT2D eigenvalue weighted by Gasteiger charge is 2.26. The minimum absolute atomic E-state index is 0.00648. The van der Waals surface area contributed by atoms with Crippen molar-refractivity contribution in [3.63, 3.8) is 0 Å². The Hall–Kier alpha value is -2.82. The maximum Gasteiger partial charge on any atom is 0.261 e. The molecule has 2 amide bonds. The Balaban J connectivity index is 2.11. The maximum atomic E-state index is 13.0. The number of benzene rings is 2. The van der Waals surface area contributed by atoms with E-state index in [2.05, 4.69) is 19.2 Å². The second-order valence-corrected chi connectivity index (χ2v) is 8.36. The number of hydrogen-bond acceptors (Lipinski definition) is 3. The number of carbonyl (C=O) groups excluding carboxylic acids is 2. The van der Waals surface area contributed by atoms with Gasteiger partial charge in [-0.2, -0.15) is 0 Å². The predicted molar refractivity (Wildman–Crippen MR) is 120 cm³/mol. The van der Waals surface area contributed by atoms with Crippen LogP contribution in [-0.2, 0) is 16.1 Å². The van der Waals surface area contributed by atoms with Crippen molar-refractivity contribution >= 4 is 11.8 Å². The van der Waals surface area contributed by atoms with E-state index in [1.165, 1.54) is 5.56 Å². The molecule has 1 atom stereocenters. The van der Waals surface area contributed by atoms with Gasteiger partial charge in [0.2, 0.25) is 5.91 Å². The molecule has 0 aromatic heterocycles. The summed E-state index contributed by atoms with van der Waals surface area (Å²) < 4.78 is 5.73. The average Bonchev–Trinajstić information content (AvgIpc) is 2.70. The molecule has 0 aliphatic rings. The van der Waals surface area contributed by atoms with Crippen molar-refractivity contribution in [2.24, 2.45) is 0 Å². The first-order valence-corrected chi connectivity index (χ1v) is 10.6. The van der Waals surface area contributed by atoms with E-state index < -0.39 is 6.04 Å². The molecule has 2 rings (SSSR count). The summed E-state index contributed by atoms with van der Waals surface area (Å²) >= 11 is 0. The number of carbonyl (C=O) groups is 2. The SMILES string of the molecule is Cc1ccc(CN(C(=O)COc2ccc(C(C)C)cc2)C(C)C(=O)NC(C)C)cc1. The van der Waals surface area contributed by atoms with Crippen molar-refractivity contribution < 1.29 is 14.3 Å². The Morgan fingerprint density at radius 1 is 0.933 bits per heavy atom. The monoisotopic (exact) mass is 410 g/mol. The number of rotatable bonds is 9. The summed E-state index contributed by atoms with van der Waals surface area (Å²) in [6.45, 7) is 12.1. The van der Waals surface area contributed by atoms with E-state index in [0.29, 0.717) is 18.2 Å². The highest BCUT2D eigenvalue weighted by Crippen LogP contribution is 2.19. The van der Waals surface area contributed by atoms with Crippen molar-refractivity contribution in [1.29, 1.82) is 0 Å². The van der Waals surface area contributed by atoms with Gasteiger partial charge in [0.25, 0.3) is 5.91 Å². The molecule has 0 aliphatic carbocycles. The largest absolute Gasteiger partial charge is 0.484 e. The molecule has 0 aliphatic heterocycles. The lowest BCUT2D eigenvalue weighted by molar-refractivity contribution is -0.142. The molecule has 0 saturated carbocycles. The van der Waals surface area contributed by atoms with Crippen LogP contribution in [-0.4, -0.2) is 35.4 Å². The van der Waals surface area contributed by atoms with Crippen molar-refractivity contribution in [2.75, 3.05) is 6.61 Å². The maximum absolute atomic E-state index is 13.0. The predicted octanol–water partition coefficient (Wildman–Crippen LogP) is 4.44. The molecule has 5 heteroatoms. The van der Waals surface area contributed by atoms with E-state index in [-0.39, 0.29) is 24.5 Å². The van der Waals surface area contributed by atoms with Crippen LogP contribution in [0, 0.1) is 6.92 Å². The van der Waals surface area contributed by atoms with Crippen LogP contribution in [0.15, 0.2) is 48.5 Å². The number of aryl methyl sites for hydroxylation is 1. The standard InChI is InChI=1S/C25H34N2O3/c1-17(2)22-11-13-23(14-12-22)30-16-24(28)27(20(6)25(29)26-18(3)4)15-21-9-7-19(5)8-10-21/h7-14,17-18,20H,15-16H2,1-6H3,(H,26,29). The van der Waals surface area contributed by atoms with Gasteiger partial charge in [-0.3, -0.25) is 9.59 Å². The molecule has 30 heavy (non-hydrogen) atoms. The highest BCUT2D eigenvalue weighted by molar-refractivity contribution is 5.88. The minimum atomic E-state index is -0.604. The molecule has 1 unspecified atom stereocenters. The zero-order valence-corrected chi connectivity index (χ0v) is 18.9. The fraction of sp³-hybridized carbons (Fsp3) is 0.440. The van der Waals surface area contributed by atoms with Gasteiger partial charge in [-0.15, -0.1) is 0 Å². The van der Waals surface area contributed by atoms with Gasteiger partial charge in [0, 0.05) is 12.6 Å². The van der Waals surface area contributed by atoms with Gasteiger partial charge in [0.1, 0.15) is 11.8 Å². The minimum Gasteiger partial charge on any atom is -0.484 e. The number of ether oxygens (including phenoxy) is 1. The van der Waals surface area contributed by atoms with Gasteiger partial charge in [-0.1, -0.05) is 55.8 Å². The highest BCUT2D eigenvalue weighted by atomic mass is 16.5. The average molecular weight is 411 g/mol. The summed E-state index contributed by atoms with van der Waals surface area (Å²) in [7, 11) is 0. The second kappa shape index (κ2) is 10.8. The molecule has 162 valence electrons. The third-order valence-electron chi connectivity index (χ3n) is 4.98. The first-order chi connectivity index (χ1) is 14.2. The van der Waals surface area contributed by atoms with Crippen molar-refractivity contribution in [3.05, 3.63) is 65.2 Å². The summed E-state index contributed by atoms with van der Waals surface area (Å²) in [6.07, 6.45) is 0. The van der Waals surface area contributed by atoms with Crippen LogP contribution in [0.2, 0.25) is 0 Å². The van der Waals surface area contributed by atoms with E-state index in [0.717, 1.165) is 11.1 Å². The van der Waals surface area contributed by atoms with E-state index in [1.807, 2.05) is 69.3 Å². The Kier molecular flexibility index (Phi) is 8.46. The Morgan fingerprint density at radius 2 is 1.53 bits per heavy atom. The zero-order chi connectivity index (χ0) is 22.3. The Morgan fingerprint density at radius 3 is 2.07 bits per heavy atom. The van der Waals surface area contributed by atoms with E-state index in [1.54, 1.807) is 11.8 Å². The summed E-state index contributed by atoms with van der Waals surface area (Å²) in [5.41, 5.74) is 3.34. The lowest BCUT2D eigenvalue weighted by Gasteiger charge is -2.29. The smallest absolute Gasteiger partial charge is 0.261 e. The molecule has 0 heterocycles. The Labute approximate surface area is 180 Å². The molecule has 0 saturated heterocycles. The molecule has 0 spiro atoms. The van der Waals surface area contributed by atoms with E-state index in [4.69, 9.17) is 4.74 Å². The molecular formula is C25H34N2O3. The van der Waals surface area contributed by atoms with Gasteiger partial charge in [-0.25, -0.2) is 0 Å². The topological polar surface area (TPSA) is 58.6 Å². The van der Waals surface area contributed by atoms with Crippen molar-refractivity contribution in [3.8, 4) is 5.75 Å². The van der Waals surface area contributed by atoms with Crippen LogP contribution >= 0.6 is 0 Å². The van der Waals surface area contributed by atoms with Gasteiger partial charge in [0.05, 0.1) is 0 Å². The number of hydrogen-bond donors (Lipinski definition) is 1. The molecule has 0 fully saturated rings. The van der Waals surface area contributed by atoms with Crippen LogP contribution in [0.1, 0.15) is 57.2 Å². The van der Waals surface area contributed by atoms with Gasteiger partial charge in [-0.05, 0) is 56.9 Å². The molecule has 2 aromatic rings. The fourth-order valence-electron chi connectivity index (χ4n) is 3.05. The van der Waals surface area contributed by atoms with Gasteiger partial charge in [0.15, 0.2) is 6.61 Å². The first kappa shape index (κ1) is 23.5. The summed E-state index contributed by atoms with van der Waals surface area (Å²) in [5, 5.41) is 2.89. The quantitative estimate of drug-likeness (QED) is 0.665. The summed E-state index contributed by atoms with van der Waals surface area (Å²) in [5.74, 6) is 0.676. The number of nitrogens with zero attached hydrogens (tertiary/aromatic N) is 1. The van der Waals surface area contributed by atoms with Crippen molar-refractivity contribution in [1.82, 2.24) is 10.2 Å². The summed E-state index contributed by atoms with van der Waals surface area (Å²) in [6, 6.07) is 15.1. The zero-order valence-electron chi connectivity index (χ0n) is 18.9. The third-order valence-corrected chi connectivity index (χ3v) is 4.98. The molecule has 2 aromatic carbocycles. The number of nitrogens with one attached hydrogen (secondary N) is 1. The van der Waals surface area contributed by atoms with Crippen LogP contribution < -0.4 is 10.1 Å². The summed E-state index contributed by atoms with van der Waals surface area (Å²) in [4.78, 5) is 27.2. The fourth-order valence-corrected chi connectivity index (χ4v) is 3.05. The normalized spacial score (nSPS) is 12.0. The molecule has 5 nitrogen and oxygen atoms in total. The third kappa shape index (κ3) is 6.90. The van der Waals surface area contributed by atoms with Crippen LogP contribution in [0.5, 0.6) is 5.75 Å². The lowest BCUT2D eigenvalue weighted by Crippen LogP contribution is -2.50. The van der Waals surface area contributed by atoms with E-state index in [9.17, 15) is 9.59 Å². The molecule has 0 radical (unpaired) electrons. The first-order valence-electron chi connectivity index (χ1n) is 10.6. The molecule has 0 bridgehead atoms. The van der Waals surface area contributed by atoms with Gasteiger partial charge < -0.3 is 15.0 Å². The van der Waals surface area contributed by atoms with Crippen LogP contribution in [0.3, 0.4) is 0 Å². The second-order valence-electron chi connectivity index (χ2n) is 8.36. The van der Waals surface area contributed by atoms with Crippen LogP contribution in [0.25, 0.3) is 0 Å². The van der Waals surface area contributed by atoms with E-state index >= 15 is 0 Å². The van der Waals surface area contributed by atoms with Crippen molar-refractivity contribution in [2.45, 2.75) is 66.1 Å². The number of amides is 2. The van der Waals surface area contributed by atoms with Gasteiger partial charge >= 0.3 is 0 Å². The molecule has 1 N–H and O–H groups in total.